The average molecular weight is 280 g/mol. The zero-order valence-corrected chi connectivity index (χ0v) is 13.4. The van der Waals surface area contributed by atoms with E-state index in [1.54, 1.807) is 6.66 Å². The fraction of sp³-hybridized carbons (Fsp3) is 1.00. The van der Waals surface area contributed by atoms with Crippen molar-refractivity contribution in [1.82, 2.24) is 0 Å². The smallest absolute Gasteiger partial charge is 0.255 e. The van der Waals surface area contributed by atoms with Crippen molar-refractivity contribution < 1.29 is 13.6 Å². The lowest BCUT2D eigenvalue weighted by Crippen LogP contribution is -2.36. The Morgan fingerprint density at radius 3 is 2.35 bits per heavy atom. The second-order valence-electron chi connectivity index (χ2n) is 5.98. The molecule has 0 saturated heterocycles. The Hall–Kier alpha value is 0.500. The molecule has 0 bridgehead atoms. The minimum Gasteiger partial charge on any atom is -0.330 e. The molecule has 1 fully saturated rings. The summed E-state index contributed by atoms with van der Waals surface area (Å²) in [5.41, 5.74) is 0. The Labute approximate surface area is 110 Å². The Balaban J connectivity index is 2.27. The molecular formula is C12H27NO2PS+. The molecule has 1 aliphatic carbocycles. The van der Waals surface area contributed by atoms with Crippen molar-refractivity contribution in [3.05, 3.63) is 0 Å². The molecule has 0 radical (unpaired) electrons. The molecule has 102 valence electrons. The summed E-state index contributed by atoms with van der Waals surface area (Å²) in [6.45, 7) is 0.364. The van der Waals surface area contributed by atoms with E-state index in [4.69, 9.17) is 4.52 Å². The maximum Gasteiger partial charge on any atom is 0.255 e. The predicted octanol–water partition coefficient (Wildman–Crippen LogP) is 3.60. The summed E-state index contributed by atoms with van der Waals surface area (Å²) < 4.78 is 19.0. The maximum atomic E-state index is 12.3. The fourth-order valence-electron chi connectivity index (χ4n) is 1.95. The van der Waals surface area contributed by atoms with Crippen molar-refractivity contribution in [2.75, 3.05) is 40.1 Å². The van der Waals surface area contributed by atoms with E-state index in [0.717, 1.165) is 29.6 Å². The van der Waals surface area contributed by atoms with Crippen molar-refractivity contribution in [2.45, 2.75) is 38.2 Å². The predicted molar refractivity (Wildman–Crippen MR) is 76.8 cm³/mol. The van der Waals surface area contributed by atoms with Gasteiger partial charge < -0.3 is 9.01 Å². The molecule has 1 rings (SSSR count). The van der Waals surface area contributed by atoms with Crippen LogP contribution < -0.4 is 0 Å². The highest BCUT2D eigenvalue weighted by atomic mass is 32.7. The van der Waals surface area contributed by atoms with Gasteiger partial charge in [0, 0.05) is 6.66 Å². The van der Waals surface area contributed by atoms with Crippen LogP contribution in [0.2, 0.25) is 0 Å². The van der Waals surface area contributed by atoms with Gasteiger partial charge in [-0.05, 0) is 12.8 Å². The van der Waals surface area contributed by atoms with Gasteiger partial charge >= 0.3 is 0 Å². The molecule has 0 aromatic heterocycles. The summed E-state index contributed by atoms with van der Waals surface area (Å²) in [6, 6.07) is 0. The molecule has 0 amide bonds. The normalized spacial score (nSPS) is 22.4. The molecule has 1 unspecified atom stereocenters. The molecule has 0 aliphatic heterocycles. The first kappa shape index (κ1) is 15.6. The Bertz CT molecular complexity index is 272. The molecule has 0 aromatic carbocycles. The first-order valence-corrected chi connectivity index (χ1v) is 10.2. The molecule has 3 nitrogen and oxygen atoms in total. The third-order valence-electron chi connectivity index (χ3n) is 2.98. The molecular weight excluding hydrogens is 253 g/mol. The molecule has 17 heavy (non-hydrogen) atoms. The van der Waals surface area contributed by atoms with Gasteiger partial charge in [0.1, 0.15) is 0 Å². The largest absolute Gasteiger partial charge is 0.330 e. The van der Waals surface area contributed by atoms with Crippen LogP contribution in [-0.2, 0) is 9.09 Å². The molecule has 1 saturated carbocycles. The lowest BCUT2D eigenvalue weighted by Gasteiger charge is -2.27. The van der Waals surface area contributed by atoms with Crippen LogP contribution >= 0.6 is 18.0 Å². The molecule has 0 spiro atoms. The van der Waals surface area contributed by atoms with Crippen molar-refractivity contribution >= 4 is 18.0 Å². The van der Waals surface area contributed by atoms with Crippen LogP contribution in [0.4, 0.5) is 0 Å². The van der Waals surface area contributed by atoms with Crippen molar-refractivity contribution in [3.63, 3.8) is 0 Å². The van der Waals surface area contributed by atoms with Crippen LogP contribution in [0.15, 0.2) is 0 Å². The third-order valence-corrected chi connectivity index (χ3v) is 6.71. The summed E-state index contributed by atoms with van der Waals surface area (Å²) in [5.74, 6) is 0.907. The lowest BCUT2D eigenvalue weighted by atomic mass is 9.98. The first-order chi connectivity index (χ1) is 7.79. The van der Waals surface area contributed by atoms with E-state index in [2.05, 4.69) is 21.1 Å². The zero-order chi connectivity index (χ0) is 12.9. The second kappa shape index (κ2) is 6.60. The topological polar surface area (TPSA) is 26.3 Å². The Morgan fingerprint density at radius 1 is 1.24 bits per heavy atom. The highest BCUT2D eigenvalue weighted by molar-refractivity contribution is 8.56. The molecule has 1 aliphatic rings. The number of hydrogen-bond donors (Lipinski definition) is 0. The number of nitrogens with zero attached hydrogens (tertiary/aromatic N) is 1. The third kappa shape index (κ3) is 7.50. The Kier molecular flexibility index (Phi) is 6.04. The van der Waals surface area contributed by atoms with Crippen LogP contribution in [0.5, 0.6) is 0 Å². The van der Waals surface area contributed by atoms with Gasteiger partial charge in [-0.2, -0.15) is 0 Å². The number of hydrogen-bond acceptors (Lipinski definition) is 3. The van der Waals surface area contributed by atoms with Crippen LogP contribution in [0.25, 0.3) is 0 Å². The highest BCUT2D eigenvalue weighted by Gasteiger charge is 2.25. The van der Waals surface area contributed by atoms with Gasteiger partial charge in [0.15, 0.2) is 0 Å². The summed E-state index contributed by atoms with van der Waals surface area (Å²) >= 11 is 1.52. The van der Waals surface area contributed by atoms with Gasteiger partial charge in [0.05, 0.1) is 39.5 Å². The highest BCUT2D eigenvalue weighted by Crippen LogP contribution is 2.57. The average Bonchev–Trinajstić information content (AvgIpc) is 2.15. The van der Waals surface area contributed by atoms with Crippen molar-refractivity contribution in [3.8, 4) is 0 Å². The van der Waals surface area contributed by atoms with Crippen LogP contribution in [-0.4, -0.2) is 50.7 Å². The number of rotatable bonds is 6. The van der Waals surface area contributed by atoms with E-state index in [0.29, 0.717) is 0 Å². The summed E-state index contributed by atoms with van der Waals surface area (Å²) in [7, 11) is 6.47. The standard InChI is InChI=1S/C12H27NO2PS/c1-13(2,3)10-11-17-16(4,14)15-12-8-6-5-7-9-12/h12H,5-11H2,1-4H3/q+1. The maximum absolute atomic E-state index is 12.3. The van der Waals surface area contributed by atoms with E-state index >= 15 is 0 Å². The van der Waals surface area contributed by atoms with Crippen molar-refractivity contribution in [2.24, 2.45) is 0 Å². The lowest BCUT2D eigenvalue weighted by molar-refractivity contribution is -0.867. The number of quaternary nitrogens is 1. The Morgan fingerprint density at radius 2 is 1.82 bits per heavy atom. The van der Waals surface area contributed by atoms with Gasteiger partial charge in [-0.25, -0.2) is 0 Å². The van der Waals surface area contributed by atoms with Gasteiger partial charge in [-0.3, -0.25) is 4.57 Å². The minimum absolute atomic E-state index is 0.246. The first-order valence-electron chi connectivity index (χ1n) is 6.49. The second-order valence-corrected chi connectivity index (χ2v) is 11.2. The van der Waals surface area contributed by atoms with E-state index in [9.17, 15) is 4.57 Å². The molecule has 0 aromatic rings. The molecule has 0 N–H and O–H groups in total. The fourth-order valence-corrected chi connectivity index (χ4v) is 5.51. The molecule has 5 heteroatoms. The zero-order valence-electron chi connectivity index (χ0n) is 11.6. The van der Waals surface area contributed by atoms with Crippen LogP contribution in [0.1, 0.15) is 32.1 Å². The van der Waals surface area contributed by atoms with Gasteiger partial charge in [-0.15, -0.1) is 0 Å². The minimum atomic E-state index is -2.44. The summed E-state index contributed by atoms with van der Waals surface area (Å²) in [4.78, 5) is 0. The van der Waals surface area contributed by atoms with Crippen LogP contribution in [0.3, 0.4) is 0 Å². The van der Waals surface area contributed by atoms with Crippen molar-refractivity contribution in [1.29, 1.82) is 0 Å². The molecule has 0 heterocycles. The quantitative estimate of drug-likeness (QED) is 0.549. The summed E-state index contributed by atoms with van der Waals surface area (Å²) in [5, 5.41) is 0. The van der Waals surface area contributed by atoms with E-state index < -0.39 is 6.57 Å². The van der Waals surface area contributed by atoms with Gasteiger partial charge in [0.25, 0.3) is 6.57 Å². The SMILES string of the molecule is C[N+](C)(C)CCSP(C)(=O)OC1CCCCC1. The van der Waals surface area contributed by atoms with Gasteiger partial charge in [0.2, 0.25) is 0 Å². The van der Waals surface area contributed by atoms with Crippen LogP contribution in [0, 0.1) is 0 Å². The van der Waals surface area contributed by atoms with E-state index in [-0.39, 0.29) is 6.10 Å². The van der Waals surface area contributed by atoms with E-state index in [1.165, 1.54) is 30.6 Å². The summed E-state index contributed by atoms with van der Waals surface area (Å²) in [6.07, 6.45) is 6.20. The monoisotopic (exact) mass is 280 g/mol. The molecule has 1 atom stereocenters. The van der Waals surface area contributed by atoms with E-state index in [1.807, 2.05) is 0 Å². The van der Waals surface area contributed by atoms with Gasteiger partial charge in [-0.1, -0.05) is 30.6 Å².